The molecule has 6 rings (SSSR count). The van der Waals surface area contributed by atoms with Gasteiger partial charge in [0.25, 0.3) is 5.91 Å². The van der Waals surface area contributed by atoms with Gasteiger partial charge in [-0.25, -0.2) is 13.2 Å². The second kappa shape index (κ2) is 7.41. The second-order valence-corrected chi connectivity index (χ2v) is 8.97. The quantitative estimate of drug-likeness (QED) is 0.417. The van der Waals surface area contributed by atoms with Crippen molar-refractivity contribution in [2.75, 3.05) is 0 Å². The van der Waals surface area contributed by atoms with E-state index in [1.807, 2.05) is 11.0 Å². The number of nitrogens with zero attached hydrogens (tertiary/aromatic N) is 6. The van der Waals surface area contributed by atoms with Gasteiger partial charge in [0, 0.05) is 30.4 Å². The van der Waals surface area contributed by atoms with E-state index in [9.17, 15) is 18.0 Å². The number of aryl methyl sites for hydroxylation is 2. The van der Waals surface area contributed by atoms with Crippen molar-refractivity contribution >= 4 is 11.4 Å². The van der Waals surface area contributed by atoms with Crippen LogP contribution in [0.3, 0.4) is 0 Å². The Hall–Kier alpha value is -3.69. The minimum Gasteiger partial charge on any atom is -0.327 e. The Morgan fingerprint density at radius 3 is 2.65 bits per heavy atom. The zero-order chi connectivity index (χ0) is 23.7. The predicted molar refractivity (Wildman–Crippen MR) is 116 cm³/mol. The van der Waals surface area contributed by atoms with Gasteiger partial charge >= 0.3 is 0 Å². The van der Waals surface area contributed by atoms with Crippen molar-refractivity contribution in [1.29, 1.82) is 0 Å². The van der Waals surface area contributed by atoms with Gasteiger partial charge in [0.05, 0.1) is 28.7 Å². The van der Waals surface area contributed by atoms with Gasteiger partial charge in [0.2, 0.25) is 0 Å². The molecule has 10 heteroatoms. The molecule has 2 atom stereocenters. The van der Waals surface area contributed by atoms with Crippen molar-refractivity contribution in [1.82, 2.24) is 29.5 Å². The molecule has 0 radical (unpaired) electrons. The Kier molecular flexibility index (Phi) is 4.55. The molecule has 34 heavy (non-hydrogen) atoms. The maximum atomic E-state index is 14.0. The molecule has 1 aromatic carbocycles. The van der Waals surface area contributed by atoms with Crippen molar-refractivity contribution in [3.8, 4) is 11.3 Å². The van der Waals surface area contributed by atoms with Gasteiger partial charge in [-0.15, -0.1) is 0 Å². The first-order valence-corrected chi connectivity index (χ1v) is 11.2. The molecule has 3 aromatic heterocycles. The molecular formula is C24H21F3N6O. The molecule has 0 saturated carbocycles. The van der Waals surface area contributed by atoms with Crippen molar-refractivity contribution in [3.05, 3.63) is 70.4 Å². The lowest BCUT2D eigenvalue weighted by molar-refractivity contribution is 0.0393. The van der Waals surface area contributed by atoms with Crippen LogP contribution in [-0.2, 0) is 13.5 Å². The Morgan fingerprint density at radius 2 is 1.88 bits per heavy atom. The summed E-state index contributed by atoms with van der Waals surface area (Å²) < 4.78 is 44.6. The normalized spacial score (nSPS) is 19.5. The minimum absolute atomic E-state index is 0.0946. The van der Waals surface area contributed by atoms with Gasteiger partial charge in [0.15, 0.2) is 17.5 Å². The minimum atomic E-state index is -1.49. The molecule has 0 spiro atoms. The molecule has 2 aliphatic heterocycles. The van der Waals surface area contributed by atoms with Crippen molar-refractivity contribution in [2.45, 2.75) is 44.7 Å². The number of carbonyl (C=O) groups excluding carboxylic acids is 1. The van der Waals surface area contributed by atoms with E-state index in [0.29, 0.717) is 28.9 Å². The molecule has 1 fully saturated rings. The van der Waals surface area contributed by atoms with Crippen molar-refractivity contribution < 1.29 is 18.0 Å². The summed E-state index contributed by atoms with van der Waals surface area (Å²) in [6.07, 6.45) is 4.59. The fourth-order valence-electron chi connectivity index (χ4n) is 5.60. The fraction of sp³-hybridized carbons (Fsp3) is 0.333. The van der Waals surface area contributed by atoms with Gasteiger partial charge < -0.3 is 4.90 Å². The second-order valence-electron chi connectivity index (χ2n) is 8.97. The molecule has 0 aliphatic carbocycles. The van der Waals surface area contributed by atoms with E-state index in [0.717, 1.165) is 42.7 Å². The molecule has 2 aliphatic rings. The number of halogens is 3. The summed E-state index contributed by atoms with van der Waals surface area (Å²) in [5, 5.41) is 13.3. The highest BCUT2D eigenvalue weighted by atomic mass is 19.2. The summed E-state index contributed by atoms with van der Waals surface area (Å²) in [4.78, 5) is 15.8. The summed E-state index contributed by atoms with van der Waals surface area (Å²) in [5.74, 6) is -4.09. The average Bonchev–Trinajstić information content (AvgIpc) is 3.31. The van der Waals surface area contributed by atoms with Crippen LogP contribution in [0.2, 0.25) is 0 Å². The highest BCUT2D eigenvalue weighted by Crippen LogP contribution is 2.45. The van der Waals surface area contributed by atoms with Gasteiger partial charge in [-0.1, -0.05) is 0 Å². The number of amides is 1. The molecule has 7 nitrogen and oxygen atoms in total. The first-order chi connectivity index (χ1) is 16.3. The van der Waals surface area contributed by atoms with Crippen LogP contribution in [0.15, 0.2) is 30.5 Å². The third-order valence-electron chi connectivity index (χ3n) is 6.98. The topological polar surface area (TPSA) is 68.3 Å². The van der Waals surface area contributed by atoms with Crippen LogP contribution >= 0.6 is 0 Å². The number of aromatic nitrogens is 5. The smallest absolute Gasteiger partial charge is 0.258 e. The first-order valence-electron chi connectivity index (χ1n) is 11.2. The van der Waals surface area contributed by atoms with E-state index in [1.165, 1.54) is 4.63 Å². The number of hydrogen-bond donors (Lipinski definition) is 0. The molecule has 174 valence electrons. The lowest BCUT2D eigenvalue weighted by atomic mass is 9.81. The van der Waals surface area contributed by atoms with Crippen LogP contribution in [0.4, 0.5) is 13.2 Å². The molecule has 1 amide bonds. The van der Waals surface area contributed by atoms with Crippen LogP contribution in [0.1, 0.15) is 52.6 Å². The molecule has 2 bridgehead atoms. The van der Waals surface area contributed by atoms with Gasteiger partial charge in [-0.2, -0.15) is 19.9 Å². The highest BCUT2D eigenvalue weighted by Gasteiger charge is 2.44. The number of carbonyl (C=O) groups is 1. The summed E-state index contributed by atoms with van der Waals surface area (Å²) in [5.41, 5.74) is 4.12. The molecule has 1 saturated heterocycles. The molecule has 0 N–H and O–H groups in total. The SMILES string of the molecule is Cc1nn2ncccc2c1C(=O)N1[C@@H]2CCC[C@H]1c1nn(C)c(-c3cc(F)c(F)c(F)c3)c1C2. The third kappa shape index (κ3) is 2.90. The zero-order valence-electron chi connectivity index (χ0n) is 18.6. The van der Waals surface area contributed by atoms with Crippen LogP contribution in [0, 0.1) is 24.4 Å². The predicted octanol–water partition coefficient (Wildman–Crippen LogP) is 4.15. The number of piperidine rings is 1. The Balaban J connectivity index is 1.46. The number of hydrogen-bond acceptors (Lipinski definition) is 4. The number of fused-ring (bicyclic) bond motifs is 5. The fourth-order valence-corrected chi connectivity index (χ4v) is 5.60. The summed E-state index contributed by atoms with van der Waals surface area (Å²) in [6.45, 7) is 1.80. The monoisotopic (exact) mass is 466 g/mol. The standard InChI is InChI=1S/C24H21F3N6O/c1-12-20(18-7-4-8-28-33(18)29-12)24(34)32-14-5-3-6-19(32)22-15(11-14)23(31(2)30-22)13-9-16(25)21(27)17(26)10-13/h4,7-10,14,19H,3,5-6,11H2,1-2H3/t14-,19+/m1/s1. The van der Waals surface area contributed by atoms with E-state index >= 15 is 0 Å². The Labute approximate surface area is 192 Å². The average molecular weight is 466 g/mol. The van der Waals surface area contributed by atoms with Crippen LogP contribution in [-0.4, -0.2) is 41.5 Å². The first kappa shape index (κ1) is 20.9. The third-order valence-corrected chi connectivity index (χ3v) is 6.98. The molecule has 4 aromatic rings. The number of rotatable bonds is 2. The summed E-state index contributed by atoms with van der Waals surface area (Å²) in [6, 6.07) is 5.23. The van der Waals surface area contributed by atoms with E-state index < -0.39 is 17.5 Å². The van der Waals surface area contributed by atoms with E-state index in [1.54, 1.807) is 30.9 Å². The Bertz CT molecular complexity index is 1450. The lowest BCUT2D eigenvalue weighted by Crippen LogP contribution is -2.50. The maximum Gasteiger partial charge on any atom is 0.258 e. The van der Waals surface area contributed by atoms with E-state index in [-0.39, 0.29) is 23.6 Å². The van der Waals surface area contributed by atoms with E-state index in [4.69, 9.17) is 0 Å². The van der Waals surface area contributed by atoms with Crippen molar-refractivity contribution in [2.24, 2.45) is 7.05 Å². The summed E-state index contributed by atoms with van der Waals surface area (Å²) >= 11 is 0. The van der Waals surface area contributed by atoms with Gasteiger partial charge in [-0.3, -0.25) is 9.48 Å². The highest BCUT2D eigenvalue weighted by molar-refractivity contribution is 6.02. The number of benzene rings is 1. The van der Waals surface area contributed by atoms with Gasteiger partial charge in [-0.05, 0) is 56.9 Å². The summed E-state index contributed by atoms with van der Waals surface area (Å²) in [7, 11) is 1.70. The maximum absolute atomic E-state index is 14.0. The molecule has 5 heterocycles. The van der Waals surface area contributed by atoms with Gasteiger partial charge in [0.1, 0.15) is 5.52 Å². The molecule has 0 unspecified atom stereocenters. The zero-order valence-corrected chi connectivity index (χ0v) is 18.6. The van der Waals surface area contributed by atoms with E-state index in [2.05, 4.69) is 15.3 Å². The lowest BCUT2D eigenvalue weighted by Gasteiger charge is -2.45. The molecular weight excluding hydrogens is 445 g/mol. The van der Waals surface area contributed by atoms with Crippen LogP contribution < -0.4 is 0 Å². The van der Waals surface area contributed by atoms with Crippen molar-refractivity contribution in [3.63, 3.8) is 0 Å². The van der Waals surface area contributed by atoms with Crippen LogP contribution in [0.5, 0.6) is 0 Å². The van der Waals surface area contributed by atoms with Crippen LogP contribution in [0.25, 0.3) is 16.8 Å². The Morgan fingerprint density at radius 1 is 1.12 bits per heavy atom. The largest absolute Gasteiger partial charge is 0.327 e.